The molecule has 0 unspecified atom stereocenters. The third-order valence-electron chi connectivity index (χ3n) is 5.01. The second-order valence-electron chi connectivity index (χ2n) is 7.07. The van der Waals surface area contributed by atoms with Crippen LogP contribution in [0.2, 0.25) is 0 Å². The van der Waals surface area contributed by atoms with Crippen molar-refractivity contribution < 1.29 is 24.0 Å². The van der Waals surface area contributed by atoms with Gasteiger partial charge in [-0.3, -0.25) is 25.1 Å². The topological polar surface area (TPSA) is 126 Å². The monoisotopic (exact) mass is 419 g/mol. The number of rotatable bonds is 4. The fourth-order valence-electron chi connectivity index (χ4n) is 3.16. The molecule has 0 spiro atoms. The van der Waals surface area contributed by atoms with Crippen LogP contribution in [-0.4, -0.2) is 21.8 Å². The average molecular weight is 419 g/mol. The van der Waals surface area contributed by atoms with Gasteiger partial charge in [0.2, 0.25) is 0 Å². The van der Waals surface area contributed by atoms with Crippen molar-refractivity contribution in [2.75, 3.05) is 5.01 Å². The Morgan fingerprint density at radius 3 is 2.55 bits per heavy atom. The van der Waals surface area contributed by atoms with Crippen molar-refractivity contribution in [2.45, 2.75) is 13.8 Å². The average Bonchev–Trinajstić information content (AvgIpc) is 3.30. The third-order valence-corrected chi connectivity index (χ3v) is 5.01. The number of hydrogen-bond acceptors (Lipinski definition) is 6. The van der Waals surface area contributed by atoms with E-state index in [9.17, 15) is 24.8 Å². The van der Waals surface area contributed by atoms with Crippen LogP contribution in [0.25, 0.3) is 17.4 Å². The van der Waals surface area contributed by atoms with Gasteiger partial charge >= 0.3 is 0 Å². The van der Waals surface area contributed by atoms with Gasteiger partial charge in [0, 0.05) is 12.1 Å². The summed E-state index contributed by atoms with van der Waals surface area (Å²) in [5.74, 6) is -0.982. The summed E-state index contributed by atoms with van der Waals surface area (Å²) in [6.45, 7) is 3.86. The quantitative estimate of drug-likeness (QED) is 0.288. The Morgan fingerprint density at radius 1 is 1.06 bits per heavy atom. The van der Waals surface area contributed by atoms with Gasteiger partial charge < -0.3 is 9.52 Å². The van der Waals surface area contributed by atoms with E-state index in [1.165, 1.54) is 36.4 Å². The van der Waals surface area contributed by atoms with Crippen LogP contribution < -0.4 is 10.4 Å². The van der Waals surface area contributed by atoms with Crippen molar-refractivity contribution in [3.05, 3.63) is 81.1 Å². The van der Waals surface area contributed by atoms with Crippen LogP contribution in [0.3, 0.4) is 0 Å². The van der Waals surface area contributed by atoms with Gasteiger partial charge in [-0.05, 0) is 61.4 Å². The van der Waals surface area contributed by atoms with Gasteiger partial charge in [-0.25, -0.2) is 5.01 Å². The second kappa shape index (κ2) is 7.45. The molecule has 9 nitrogen and oxygen atoms in total. The van der Waals surface area contributed by atoms with Crippen molar-refractivity contribution in [3.63, 3.8) is 0 Å². The molecule has 0 saturated carbocycles. The largest absolute Gasteiger partial charge is 0.507 e. The van der Waals surface area contributed by atoms with Crippen LogP contribution in [0.4, 0.5) is 11.4 Å². The molecule has 2 amide bonds. The maximum absolute atomic E-state index is 12.8. The van der Waals surface area contributed by atoms with E-state index < -0.39 is 16.7 Å². The van der Waals surface area contributed by atoms with Crippen molar-refractivity contribution >= 4 is 29.3 Å². The predicted molar refractivity (Wildman–Crippen MR) is 112 cm³/mol. The highest BCUT2D eigenvalue weighted by Gasteiger charge is 2.35. The number of amides is 2. The maximum atomic E-state index is 12.8. The highest BCUT2D eigenvalue weighted by atomic mass is 16.6. The lowest BCUT2D eigenvalue weighted by molar-refractivity contribution is -0.384. The molecule has 1 saturated heterocycles. The molecule has 0 bridgehead atoms. The Balaban J connectivity index is 1.64. The van der Waals surface area contributed by atoms with Gasteiger partial charge in [-0.2, -0.15) is 0 Å². The van der Waals surface area contributed by atoms with E-state index >= 15 is 0 Å². The fraction of sp³-hybridized carbons (Fsp3) is 0.0909. The van der Waals surface area contributed by atoms with E-state index in [0.29, 0.717) is 5.69 Å². The molecule has 1 aliphatic heterocycles. The summed E-state index contributed by atoms with van der Waals surface area (Å²) in [7, 11) is 0. The Kier molecular flexibility index (Phi) is 4.78. The molecule has 1 aromatic heterocycles. The lowest BCUT2D eigenvalue weighted by Gasteiger charge is -2.15. The van der Waals surface area contributed by atoms with Gasteiger partial charge in [-0.15, -0.1) is 0 Å². The molecule has 1 aliphatic rings. The van der Waals surface area contributed by atoms with E-state index in [4.69, 9.17) is 4.42 Å². The standard InChI is InChI=1S/C22H17N3O6/c1-12-3-4-14(9-13(12)2)24-22(28)18(21(27)23-24)11-16-6-8-20(31-16)17-10-15(25(29)30)5-7-19(17)26/h3-11,26H,1-2H3,(H,23,27)/b18-11-. The molecule has 0 atom stereocenters. The molecule has 4 rings (SSSR count). The second-order valence-corrected chi connectivity index (χ2v) is 7.07. The number of nitro groups is 1. The smallest absolute Gasteiger partial charge is 0.282 e. The number of hydrogen-bond donors (Lipinski definition) is 2. The minimum Gasteiger partial charge on any atom is -0.507 e. The lowest BCUT2D eigenvalue weighted by Crippen LogP contribution is -2.35. The van der Waals surface area contributed by atoms with Gasteiger partial charge in [0.25, 0.3) is 17.5 Å². The number of nitro benzene ring substituents is 1. The van der Waals surface area contributed by atoms with Crippen LogP contribution in [0.1, 0.15) is 16.9 Å². The Morgan fingerprint density at radius 2 is 1.84 bits per heavy atom. The number of furan rings is 1. The number of aryl methyl sites for hydroxylation is 2. The molecule has 9 heteroatoms. The summed E-state index contributed by atoms with van der Waals surface area (Å²) in [6.07, 6.45) is 1.29. The van der Waals surface area contributed by atoms with Crippen molar-refractivity contribution in [1.29, 1.82) is 0 Å². The first-order valence-electron chi connectivity index (χ1n) is 9.26. The van der Waals surface area contributed by atoms with Gasteiger partial charge in [0.1, 0.15) is 22.8 Å². The molecule has 2 aromatic carbocycles. The number of carbonyl (C=O) groups is 2. The zero-order valence-corrected chi connectivity index (χ0v) is 16.6. The SMILES string of the molecule is Cc1ccc(N2NC(=O)/C(=C/c3ccc(-c4cc([N+](=O)[O-])ccc4O)o3)C2=O)cc1C. The summed E-state index contributed by atoms with van der Waals surface area (Å²) in [5, 5.41) is 22.2. The summed E-state index contributed by atoms with van der Waals surface area (Å²) in [4.78, 5) is 35.6. The molecule has 2 heterocycles. The molecule has 156 valence electrons. The van der Waals surface area contributed by atoms with Gasteiger partial charge in [-0.1, -0.05) is 6.07 Å². The zero-order valence-electron chi connectivity index (χ0n) is 16.6. The van der Waals surface area contributed by atoms with Crippen molar-refractivity contribution in [3.8, 4) is 17.1 Å². The Bertz CT molecular complexity index is 1270. The molecule has 1 fully saturated rings. The van der Waals surface area contributed by atoms with Gasteiger partial charge in [0.15, 0.2) is 0 Å². The molecule has 0 aliphatic carbocycles. The van der Waals surface area contributed by atoms with E-state index in [2.05, 4.69) is 5.43 Å². The van der Waals surface area contributed by atoms with E-state index in [1.54, 1.807) is 12.1 Å². The van der Waals surface area contributed by atoms with Crippen LogP contribution in [0.5, 0.6) is 5.75 Å². The number of benzene rings is 2. The van der Waals surface area contributed by atoms with Crippen molar-refractivity contribution in [1.82, 2.24) is 5.43 Å². The number of aromatic hydroxyl groups is 1. The zero-order chi connectivity index (χ0) is 22.3. The number of nitrogens with zero attached hydrogens (tertiary/aromatic N) is 2. The van der Waals surface area contributed by atoms with Crippen LogP contribution in [0, 0.1) is 24.0 Å². The molecule has 2 N–H and O–H groups in total. The highest BCUT2D eigenvalue weighted by molar-refractivity contribution is 6.31. The van der Waals surface area contributed by atoms with Crippen LogP contribution in [0.15, 0.2) is 58.5 Å². The van der Waals surface area contributed by atoms with E-state index in [0.717, 1.165) is 16.1 Å². The summed E-state index contributed by atoms with van der Waals surface area (Å²) < 4.78 is 5.61. The van der Waals surface area contributed by atoms with Gasteiger partial charge in [0.05, 0.1) is 16.2 Å². The van der Waals surface area contributed by atoms with Crippen LogP contribution in [-0.2, 0) is 9.59 Å². The first-order chi connectivity index (χ1) is 14.7. The number of non-ortho nitro benzene ring substituents is 1. The molecule has 31 heavy (non-hydrogen) atoms. The molecular weight excluding hydrogens is 402 g/mol. The Labute approximate surface area is 176 Å². The van der Waals surface area contributed by atoms with E-state index in [-0.39, 0.29) is 34.1 Å². The number of anilines is 1. The lowest BCUT2D eigenvalue weighted by atomic mass is 10.1. The minimum atomic E-state index is -0.586. The summed E-state index contributed by atoms with van der Waals surface area (Å²) in [6, 6.07) is 11.9. The summed E-state index contributed by atoms with van der Waals surface area (Å²) in [5.41, 5.74) is 4.89. The normalized spacial score (nSPS) is 14.9. The number of phenolic OH excluding ortho intramolecular Hbond substituents is 1. The molecule has 3 aromatic rings. The van der Waals surface area contributed by atoms with Crippen molar-refractivity contribution in [2.24, 2.45) is 0 Å². The van der Waals surface area contributed by atoms with Crippen LogP contribution >= 0.6 is 0 Å². The number of nitrogens with one attached hydrogen (secondary N) is 1. The maximum Gasteiger partial charge on any atom is 0.282 e. The first-order valence-corrected chi connectivity index (χ1v) is 9.26. The minimum absolute atomic E-state index is 0.123. The summed E-state index contributed by atoms with van der Waals surface area (Å²) >= 11 is 0. The number of carbonyl (C=O) groups excluding carboxylic acids is 2. The highest BCUT2D eigenvalue weighted by Crippen LogP contribution is 2.34. The fourth-order valence-corrected chi connectivity index (χ4v) is 3.16. The molecular formula is C22H17N3O6. The number of hydrazine groups is 1. The predicted octanol–water partition coefficient (Wildman–Crippen LogP) is 3.64. The third kappa shape index (κ3) is 3.64. The Hall–Kier alpha value is -4.40. The van der Waals surface area contributed by atoms with E-state index in [1.807, 2.05) is 19.9 Å². The number of phenols is 1. The first kappa shape index (κ1) is 19.9. The molecule has 0 radical (unpaired) electrons.